The predicted molar refractivity (Wildman–Crippen MR) is 55.9 cm³/mol. The van der Waals surface area contributed by atoms with Crippen LogP contribution >= 0.6 is 0 Å². The normalized spacial score (nSPS) is 18.8. The maximum absolute atomic E-state index is 5.26. The minimum Gasteiger partial charge on any atom is -0.390 e. The van der Waals surface area contributed by atoms with Gasteiger partial charge in [0.25, 0.3) is 0 Å². The van der Waals surface area contributed by atoms with Gasteiger partial charge in [-0.25, -0.2) is 0 Å². The molecule has 0 bridgehead atoms. The van der Waals surface area contributed by atoms with Gasteiger partial charge in [0.1, 0.15) is 5.60 Å². The summed E-state index contributed by atoms with van der Waals surface area (Å²) in [7, 11) is 0. The molecule has 0 saturated carbocycles. The first-order valence-electron chi connectivity index (χ1n) is 4.98. The first kappa shape index (κ1) is 10.3. The van der Waals surface area contributed by atoms with Crippen molar-refractivity contribution >= 4 is 6.21 Å². The predicted octanol–water partition coefficient (Wildman–Crippen LogP) is 3.29. The van der Waals surface area contributed by atoms with Crippen LogP contribution in [0.15, 0.2) is 16.8 Å². The molecule has 1 aliphatic rings. The molecule has 74 valence electrons. The van der Waals surface area contributed by atoms with Gasteiger partial charge < -0.3 is 4.84 Å². The molecule has 1 aliphatic carbocycles. The molecule has 0 saturated heterocycles. The minimum atomic E-state index is -0.175. The molecule has 0 atom stereocenters. The van der Waals surface area contributed by atoms with Crippen LogP contribution in [0.1, 0.15) is 46.5 Å². The minimum absolute atomic E-state index is 0.175. The highest BCUT2D eigenvalue weighted by Gasteiger charge is 2.09. The molecule has 2 nitrogen and oxygen atoms in total. The summed E-state index contributed by atoms with van der Waals surface area (Å²) in [4.78, 5) is 5.26. The van der Waals surface area contributed by atoms with Crippen LogP contribution in [0.4, 0.5) is 0 Å². The van der Waals surface area contributed by atoms with Gasteiger partial charge in [-0.05, 0) is 52.0 Å². The first-order valence-corrected chi connectivity index (χ1v) is 4.98. The van der Waals surface area contributed by atoms with E-state index in [9.17, 15) is 0 Å². The van der Waals surface area contributed by atoms with Crippen molar-refractivity contribution in [3.8, 4) is 0 Å². The van der Waals surface area contributed by atoms with Crippen LogP contribution in [0.5, 0.6) is 0 Å². The van der Waals surface area contributed by atoms with E-state index in [0.717, 1.165) is 6.42 Å². The number of hydrogen-bond donors (Lipinski definition) is 0. The van der Waals surface area contributed by atoms with E-state index in [1.807, 2.05) is 27.0 Å². The molecule has 0 N–H and O–H groups in total. The molecule has 0 aliphatic heterocycles. The molecular formula is C11H19NO. The second-order valence-electron chi connectivity index (χ2n) is 4.46. The van der Waals surface area contributed by atoms with Crippen molar-refractivity contribution in [2.45, 2.75) is 52.1 Å². The van der Waals surface area contributed by atoms with Crippen LogP contribution in [-0.4, -0.2) is 11.8 Å². The monoisotopic (exact) mass is 181 g/mol. The second-order valence-corrected chi connectivity index (χ2v) is 4.46. The number of oxime groups is 1. The molecule has 0 spiro atoms. The zero-order chi connectivity index (χ0) is 9.73. The summed E-state index contributed by atoms with van der Waals surface area (Å²) in [6, 6.07) is 0. The topological polar surface area (TPSA) is 21.6 Å². The van der Waals surface area contributed by atoms with Gasteiger partial charge in [0.2, 0.25) is 0 Å². The third-order valence-electron chi connectivity index (χ3n) is 1.87. The van der Waals surface area contributed by atoms with E-state index in [2.05, 4.69) is 11.2 Å². The van der Waals surface area contributed by atoms with E-state index in [1.165, 1.54) is 24.8 Å². The second kappa shape index (κ2) is 4.45. The van der Waals surface area contributed by atoms with Crippen LogP contribution in [0, 0.1) is 0 Å². The molecule has 0 heterocycles. The maximum atomic E-state index is 5.26. The molecule has 0 radical (unpaired) electrons. The largest absolute Gasteiger partial charge is 0.390 e. The van der Waals surface area contributed by atoms with Crippen LogP contribution in [0.2, 0.25) is 0 Å². The molecule has 2 heteroatoms. The molecule has 0 amide bonds. The van der Waals surface area contributed by atoms with E-state index in [0.29, 0.717) is 0 Å². The van der Waals surface area contributed by atoms with Gasteiger partial charge in [0, 0.05) is 0 Å². The van der Waals surface area contributed by atoms with Crippen LogP contribution in [0.25, 0.3) is 0 Å². The van der Waals surface area contributed by atoms with Crippen molar-refractivity contribution in [3.05, 3.63) is 11.6 Å². The lowest BCUT2D eigenvalue weighted by Crippen LogP contribution is -2.15. The van der Waals surface area contributed by atoms with Crippen molar-refractivity contribution in [2.24, 2.45) is 5.16 Å². The number of hydrogen-bond acceptors (Lipinski definition) is 2. The van der Waals surface area contributed by atoms with Crippen molar-refractivity contribution in [1.29, 1.82) is 0 Å². The summed E-state index contributed by atoms with van der Waals surface area (Å²) in [5.41, 5.74) is 1.14. The lowest BCUT2D eigenvalue weighted by atomic mass is 10.0. The van der Waals surface area contributed by atoms with Crippen molar-refractivity contribution in [2.75, 3.05) is 0 Å². The highest BCUT2D eigenvalue weighted by atomic mass is 16.6. The van der Waals surface area contributed by atoms with Crippen LogP contribution < -0.4 is 0 Å². The van der Waals surface area contributed by atoms with Gasteiger partial charge in [0.15, 0.2) is 0 Å². The fourth-order valence-corrected chi connectivity index (χ4v) is 1.23. The summed E-state index contributed by atoms with van der Waals surface area (Å²) in [5.74, 6) is 0. The quantitative estimate of drug-likeness (QED) is 0.473. The van der Waals surface area contributed by atoms with Gasteiger partial charge in [-0.15, -0.1) is 0 Å². The van der Waals surface area contributed by atoms with Gasteiger partial charge in [-0.3, -0.25) is 0 Å². The van der Waals surface area contributed by atoms with Gasteiger partial charge in [-0.1, -0.05) is 11.2 Å². The smallest absolute Gasteiger partial charge is 0.129 e. The Morgan fingerprint density at radius 1 is 1.38 bits per heavy atom. The summed E-state index contributed by atoms with van der Waals surface area (Å²) in [6.45, 7) is 6.00. The van der Waals surface area contributed by atoms with E-state index in [1.54, 1.807) is 0 Å². The summed E-state index contributed by atoms with van der Waals surface area (Å²) >= 11 is 0. The summed E-state index contributed by atoms with van der Waals surface area (Å²) < 4.78 is 0. The Bertz CT molecular complexity index is 211. The zero-order valence-corrected chi connectivity index (χ0v) is 8.84. The Balaban J connectivity index is 2.35. The third-order valence-corrected chi connectivity index (χ3v) is 1.87. The lowest BCUT2D eigenvalue weighted by molar-refractivity contribution is 0.00193. The van der Waals surface area contributed by atoms with Gasteiger partial charge >= 0.3 is 0 Å². The Hall–Kier alpha value is -0.790. The SMILES string of the molecule is CC(C)(C)ON=CC1=CCCCC1. The van der Waals surface area contributed by atoms with Crippen molar-refractivity contribution in [3.63, 3.8) is 0 Å². The Kier molecular flexibility index (Phi) is 3.52. The number of rotatable bonds is 2. The Morgan fingerprint density at radius 3 is 2.69 bits per heavy atom. The molecule has 0 aromatic carbocycles. The molecule has 0 unspecified atom stereocenters. The first-order chi connectivity index (χ1) is 6.08. The Labute approximate surface area is 80.7 Å². The molecule has 0 aromatic rings. The summed E-state index contributed by atoms with van der Waals surface area (Å²) in [6.07, 6.45) is 9.04. The van der Waals surface area contributed by atoms with Crippen LogP contribution in [0.3, 0.4) is 0 Å². The fourth-order valence-electron chi connectivity index (χ4n) is 1.23. The van der Waals surface area contributed by atoms with E-state index in [4.69, 9.17) is 4.84 Å². The van der Waals surface area contributed by atoms with E-state index >= 15 is 0 Å². The molecule has 0 aromatic heterocycles. The maximum Gasteiger partial charge on any atom is 0.129 e. The van der Waals surface area contributed by atoms with E-state index in [-0.39, 0.29) is 5.60 Å². The highest BCUT2D eigenvalue weighted by molar-refractivity contribution is 5.78. The lowest BCUT2D eigenvalue weighted by Gasteiger charge is -2.15. The fraction of sp³-hybridized carbons (Fsp3) is 0.727. The average molecular weight is 181 g/mol. The molecule has 1 rings (SSSR count). The molecule has 0 fully saturated rings. The average Bonchev–Trinajstić information content (AvgIpc) is 2.04. The molecular weight excluding hydrogens is 162 g/mol. The van der Waals surface area contributed by atoms with E-state index < -0.39 is 0 Å². The third kappa shape index (κ3) is 4.71. The molecule has 13 heavy (non-hydrogen) atoms. The van der Waals surface area contributed by atoms with Crippen LogP contribution in [-0.2, 0) is 4.84 Å². The number of nitrogens with zero attached hydrogens (tertiary/aromatic N) is 1. The number of allylic oxidation sites excluding steroid dienone is 2. The summed E-state index contributed by atoms with van der Waals surface area (Å²) in [5, 5.41) is 3.97. The Morgan fingerprint density at radius 2 is 2.15 bits per heavy atom. The van der Waals surface area contributed by atoms with Crippen molar-refractivity contribution < 1.29 is 4.84 Å². The highest BCUT2D eigenvalue weighted by Crippen LogP contribution is 2.16. The van der Waals surface area contributed by atoms with Gasteiger partial charge in [-0.2, -0.15) is 0 Å². The zero-order valence-electron chi connectivity index (χ0n) is 8.84. The van der Waals surface area contributed by atoms with Gasteiger partial charge in [0.05, 0.1) is 6.21 Å². The van der Waals surface area contributed by atoms with Crippen molar-refractivity contribution in [1.82, 2.24) is 0 Å². The standard InChI is InChI=1S/C11H19NO/c1-11(2,3)13-12-9-10-7-5-4-6-8-10/h7,9H,4-6,8H2,1-3H3.